The van der Waals surface area contributed by atoms with Gasteiger partial charge in [-0.2, -0.15) is 4.31 Å². The maximum absolute atomic E-state index is 13.1. The molecule has 3 saturated heterocycles. The molecule has 10 heteroatoms. The van der Waals surface area contributed by atoms with Crippen molar-refractivity contribution in [1.82, 2.24) is 14.1 Å². The molecule has 2 bridgehead atoms. The maximum Gasteiger partial charge on any atom is 0.410 e. The summed E-state index contributed by atoms with van der Waals surface area (Å²) in [6.07, 6.45) is 1.22. The van der Waals surface area contributed by atoms with E-state index in [2.05, 4.69) is 4.90 Å². The van der Waals surface area contributed by atoms with E-state index in [1.165, 1.54) is 16.4 Å². The van der Waals surface area contributed by atoms with Crippen molar-refractivity contribution in [3.63, 3.8) is 0 Å². The number of ether oxygens (including phenoxy) is 1. The van der Waals surface area contributed by atoms with Gasteiger partial charge in [0.15, 0.2) is 0 Å². The van der Waals surface area contributed by atoms with Gasteiger partial charge >= 0.3 is 6.09 Å². The second kappa shape index (κ2) is 8.39. The van der Waals surface area contributed by atoms with E-state index < -0.39 is 16.1 Å². The largest absolute Gasteiger partial charge is 0.444 e. The Labute approximate surface area is 176 Å². The van der Waals surface area contributed by atoms with E-state index in [0.717, 1.165) is 6.42 Å². The van der Waals surface area contributed by atoms with Crippen molar-refractivity contribution in [3.8, 4) is 0 Å². The number of hydrogen-bond acceptors (Lipinski definition) is 6. The molecule has 4 rings (SSSR count). The van der Waals surface area contributed by atoms with E-state index in [4.69, 9.17) is 21.4 Å². The third-order valence-electron chi connectivity index (χ3n) is 6.10. The van der Waals surface area contributed by atoms with Crippen molar-refractivity contribution in [1.29, 1.82) is 0 Å². The monoisotopic (exact) mass is 443 g/mol. The molecule has 0 aromatic heterocycles. The molecule has 3 fully saturated rings. The summed E-state index contributed by atoms with van der Waals surface area (Å²) in [5.74, 6) is 0. The lowest BCUT2D eigenvalue weighted by Crippen LogP contribution is -2.50. The number of benzene rings is 1. The zero-order valence-corrected chi connectivity index (χ0v) is 17.7. The van der Waals surface area contributed by atoms with Gasteiger partial charge in [0.2, 0.25) is 10.0 Å². The number of hydrogen-bond donors (Lipinski definition) is 1. The Hall–Kier alpha value is -1.39. The first kappa shape index (κ1) is 20.9. The normalized spacial score (nSPS) is 28.1. The van der Waals surface area contributed by atoms with Gasteiger partial charge in [0.1, 0.15) is 6.10 Å². The summed E-state index contributed by atoms with van der Waals surface area (Å²) in [5.41, 5.74) is 0. The molecule has 3 heterocycles. The average Bonchev–Trinajstić information content (AvgIpc) is 3.28. The van der Waals surface area contributed by atoms with E-state index in [-0.39, 0.29) is 29.7 Å². The summed E-state index contributed by atoms with van der Waals surface area (Å²) < 4.78 is 33.6. The van der Waals surface area contributed by atoms with Crippen LogP contribution in [0.3, 0.4) is 0 Å². The van der Waals surface area contributed by atoms with Crippen molar-refractivity contribution in [2.45, 2.75) is 42.3 Å². The van der Waals surface area contributed by atoms with E-state index in [1.807, 2.05) is 0 Å². The van der Waals surface area contributed by atoms with Gasteiger partial charge in [0, 0.05) is 50.2 Å². The number of sulfonamides is 1. The molecule has 29 heavy (non-hydrogen) atoms. The number of carbonyl (C=O) groups is 1. The zero-order valence-electron chi connectivity index (χ0n) is 16.1. The number of amides is 1. The summed E-state index contributed by atoms with van der Waals surface area (Å²) in [6, 6.07) is 5.71. The lowest BCUT2D eigenvalue weighted by atomic mass is 9.98. The van der Waals surface area contributed by atoms with E-state index >= 15 is 0 Å². The lowest BCUT2D eigenvalue weighted by Gasteiger charge is -2.35. The van der Waals surface area contributed by atoms with Crippen LogP contribution >= 0.6 is 11.6 Å². The topological polar surface area (TPSA) is 90.4 Å². The summed E-state index contributed by atoms with van der Waals surface area (Å²) >= 11 is 5.89. The summed E-state index contributed by atoms with van der Waals surface area (Å²) in [6.45, 7) is 3.20. The Bertz CT molecular complexity index is 842. The standard InChI is InChI=1S/C19H26ClN3O5S/c20-14-1-4-16(5-2-14)29(26,27)23-15-3-6-17(23)18(13-15)28-19(25)22-9-7-21(8-10-22)11-12-24/h1-2,4-5,15,17-18,24H,3,6-13H2/t15-,17?,18?/m1/s1. The van der Waals surface area contributed by atoms with Gasteiger partial charge in [-0.05, 0) is 37.1 Å². The molecule has 1 amide bonds. The Morgan fingerprint density at radius 2 is 1.83 bits per heavy atom. The molecule has 1 aromatic carbocycles. The second-order valence-electron chi connectivity index (χ2n) is 7.80. The predicted molar refractivity (Wildman–Crippen MR) is 107 cm³/mol. The Morgan fingerprint density at radius 3 is 2.48 bits per heavy atom. The molecule has 0 aliphatic carbocycles. The zero-order chi connectivity index (χ0) is 20.6. The molecule has 0 saturated carbocycles. The molecule has 3 aliphatic rings. The third kappa shape index (κ3) is 4.11. The second-order valence-corrected chi connectivity index (χ2v) is 10.1. The quantitative estimate of drug-likeness (QED) is 0.739. The first-order valence-corrected chi connectivity index (χ1v) is 11.8. The summed E-state index contributed by atoms with van der Waals surface area (Å²) in [7, 11) is -3.66. The number of β-amino-alcohol motifs (C(OH)–C–C–N with tert-alkyl or cyclic N) is 1. The third-order valence-corrected chi connectivity index (χ3v) is 8.35. The molecule has 160 valence electrons. The predicted octanol–water partition coefficient (Wildman–Crippen LogP) is 1.38. The highest BCUT2D eigenvalue weighted by atomic mass is 35.5. The van der Waals surface area contributed by atoms with Crippen LogP contribution < -0.4 is 0 Å². The molecule has 1 aromatic rings. The first-order valence-electron chi connectivity index (χ1n) is 9.98. The van der Waals surface area contributed by atoms with E-state index in [9.17, 15) is 13.2 Å². The summed E-state index contributed by atoms with van der Waals surface area (Å²) in [5, 5.41) is 9.51. The Morgan fingerprint density at radius 1 is 1.14 bits per heavy atom. The van der Waals surface area contributed by atoms with Crippen LogP contribution in [0.1, 0.15) is 19.3 Å². The van der Waals surface area contributed by atoms with Gasteiger partial charge in [-0.25, -0.2) is 13.2 Å². The van der Waals surface area contributed by atoms with Crippen LogP contribution in [0.4, 0.5) is 4.79 Å². The fourth-order valence-electron chi connectivity index (χ4n) is 4.61. The molecular formula is C19H26ClN3O5S. The fraction of sp³-hybridized carbons (Fsp3) is 0.632. The molecule has 0 radical (unpaired) electrons. The van der Waals surface area contributed by atoms with Gasteiger partial charge < -0.3 is 14.7 Å². The first-order chi connectivity index (χ1) is 13.9. The number of carbonyl (C=O) groups excluding carboxylic acids is 1. The Kier molecular flexibility index (Phi) is 6.04. The summed E-state index contributed by atoms with van der Waals surface area (Å²) in [4.78, 5) is 16.6. The minimum absolute atomic E-state index is 0.105. The van der Waals surface area contributed by atoms with E-state index in [1.54, 1.807) is 17.0 Å². The van der Waals surface area contributed by atoms with Gasteiger partial charge in [-0.3, -0.25) is 4.90 Å². The van der Waals surface area contributed by atoms with Crippen LogP contribution in [0.2, 0.25) is 5.02 Å². The maximum atomic E-state index is 13.1. The van der Waals surface area contributed by atoms with Crippen LogP contribution in [0.5, 0.6) is 0 Å². The fourth-order valence-corrected chi connectivity index (χ4v) is 6.65. The molecule has 8 nitrogen and oxygen atoms in total. The van der Waals surface area contributed by atoms with Crippen LogP contribution in [0.25, 0.3) is 0 Å². The molecule has 0 spiro atoms. The van der Waals surface area contributed by atoms with Crippen molar-refractivity contribution in [2.75, 3.05) is 39.3 Å². The van der Waals surface area contributed by atoms with Crippen LogP contribution in [-0.4, -0.2) is 91.2 Å². The number of aliphatic hydroxyl groups excluding tert-OH is 1. The van der Waals surface area contributed by atoms with Crippen molar-refractivity contribution >= 4 is 27.7 Å². The smallest absolute Gasteiger partial charge is 0.410 e. The highest BCUT2D eigenvalue weighted by molar-refractivity contribution is 7.89. The van der Waals surface area contributed by atoms with Gasteiger partial charge in [-0.15, -0.1) is 0 Å². The average molecular weight is 444 g/mol. The van der Waals surface area contributed by atoms with Crippen LogP contribution in [-0.2, 0) is 14.8 Å². The molecule has 1 N–H and O–H groups in total. The molecule has 2 unspecified atom stereocenters. The highest BCUT2D eigenvalue weighted by Gasteiger charge is 2.53. The van der Waals surface area contributed by atoms with Gasteiger partial charge in [0.05, 0.1) is 17.5 Å². The number of rotatable bonds is 5. The number of fused-ring (bicyclic) bond motifs is 2. The number of piperazine rings is 1. The van der Waals surface area contributed by atoms with Gasteiger partial charge in [-0.1, -0.05) is 11.6 Å². The highest BCUT2D eigenvalue weighted by Crippen LogP contribution is 2.43. The number of nitrogens with zero attached hydrogens (tertiary/aromatic N) is 3. The lowest BCUT2D eigenvalue weighted by molar-refractivity contribution is 0.0334. The van der Waals surface area contributed by atoms with Crippen molar-refractivity contribution in [2.24, 2.45) is 0 Å². The van der Waals surface area contributed by atoms with Crippen molar-refractivity contribution in [3.05, 3.63) is 29.3 Å². The molecule has 3 atom stereocenters. The number of halogens is 1. The Balaban J connectivity index is 1.40. The van der Waals surface area contributed by atoms with Crippen LogP contribution in [0, 0.1) is 0 Å². The van der Waals surface area contributed by atoms with Gasteiger partial charge in [0.25, 0.3) is 0 Å². The van der Waals surface area contributed by atoms with Crippen LogP contribution in [0.15, 0.2) is 29.2 Å². The molecular weight excluding hydrogens is 418 g/mol. The number of aliphatic hydroxyl groups is 1. The minimum atomic E-state index is -3.66. The van der Waals surface area contributed by atoms with Crippen molar-refractivity contribution < 1.29 is 23.1 Å². The SMILES string of the molecule is O=C(OC1C[C@H]2CCC1N2S(=O)(=O)c1ccc(Cl)cc1)N1CCN(CCO)CC1. The molecule has 3 aliphatic heterocycles. The minimum Gasteiger partial charge on any atom is -0.444 e. The van der Waals surface area contributed by atoms with E-state index in [0.29, 0.717) is 50.6 Å².